The van der Waals surface area contributed by atoms with Gasteiger partial charge in [0.15, 0.2) is 0 Å². The molecular formula is C18H13Cl2N5O2S. The molecule has 0 aliphatic heterocycles. The van der Waals surface area contributed by atoms with Crippen molar-refractivity contribution in [2.24, 2.45) is 0 Å². The first kappa shape index (κ1) is 18.7. The number of fused-ring (bicyclic) bond motifs is 1. The first-order valence-electron chi connectivity index (χ1n) is 8.12. The third-order valence-corrected chi connectivity index (χ3v) is 5.94. The summed E-state index contributed by atoms with van der Waals surface area (Å²) >= 11 is 12.1. The minimum atomic E-state index is -3.91. The average molecular weight is 434 g/mol. The van der Waals surface area contributed by atoms with Gasteiger partial charge in [0.1, 0.15) is 11.2 Å². The molecule has 0 unspecified atom stereocenters. The molecule has 0 amide bonds. The number of halogens is 2. The lowest BCUT2D eigenvalue weighted by molar-refractivity contribution is 0.601. The van der Waals surface area contributed by atoms with Gasteiger partial charge < -0.3 is 0 Å². The Morgan fingerprint density at radius 1 is 1.04 bits per heavy atom. The lowest BCUT2D eigenvalue weighted by atomic mass is 10.2. The molecule has 2 aromatic heterocycles. The van der Waals surface area contributed by atoms with Crippen molar-refractivity contribution >= 4 is 50.1 Å². The van der Waals surface area contributed by atoms with Gasteiger partial charge in [-0.1, -0.05) is 47.5 Å². The Labute approximate surface area is 171 Å². The van der Waals surface area contributed by atoms with Crippen LogP contribution in [0.5, 0.6) is 0 Å². The second-order valence-corrected chi connectivity index (χ2v) is 8.43. The highest BCUT2D eigenvalue weighted by molar-refractivity contribution is 7.93. The minimum Gasteiger partial charge on any atom is -0.255 e. The minimum absolute atomic E-state index is 0.0435. The zero-order valence-electron chi connectivity index (χ0n) is 14.3. The standard InChI is InChI=1S/C18H13Cl2N5O2S/c19-14-7-6-13(15(20)9-14)10-25-11-22-18(23-25)24-28(26,27)16-5-1-3-12-4-2-8-21-17(12)16/h1-9,11H,10H2,(H,23,24). The number of aromatic nitrogens is 4. The van der Waals surface area contributed by atoms with Crippen LogP contribution in [0.3, 0.4) is 0 Å². The molecule has 0 aliphatic carbocycles. The van der Waals surface area contributed by atoms with E-state index in [0.29, 0.717) is 22.1 Å². The van der Waals surface area contributed by atoms with E-state index in [9.17, 15) is 8.42 Å². The van der Waals surface area contributed by atoms with Crippen molar-refractivity contribution < 1.29 is 8.42 Å². The quantitative estimate of drug-likeness (QED) is 0.513. The van der Waals surface area contributed by atoms with Crippen LogP contribution in [0.1, 0.15) is 5.56 Å². The average Bonchev–Trinajstić information content (AvgIpc) is 3.09. The Morgan fingerprint density at radius 3 is 2.68 bits per heavy atom. The van der Waals surface area contributed by atoms with Gasteiger partial charge in [-0.25, -0.2) is 17.8 Å². The Balaban J connectivity index is 1.59. The molecule has 4 rings (SSSR count). The summed E-state index contributed by atoms with van der Waals surface area (Å²) in [5.74, 6) is -0.0435. The van der Waals surface area contributed by atoms with Gasteiger partial charge in [-0.2, -0.15) is 4.98 Å². The number of pyridine rings is 1. The third-order valence-electron chi connectivity index (χ3n) is 3.99. The zero-order valence-corrected chi connectivity index (χ0v) is 16.6. The van der Waals surface area contributed by atoms with Gasteiger partial charge in [-0.15, -0.1) is 5.10 Å². The van der Waals surface area contributed by atoms with E-state index in [1.165, 1.54) is 17.1 Å². The van der Waals surface area contributed by atoms with Crippen molar-refractivity contribution in [1.29, 1.82) is 0 Å². The van der Waals surface area contributed by atoms with Crippen molar-refractivity contribution in [3.8, 4) is 0 Å². The molecule has 0 fully saturated rings. The van der Waals surface area contributed by atoms with Crippen molar-refractivity contribution in [2.75, 3.05) is 4.72 Å². The normalized spacial score (nSPS) is 11.6. The van der Waals surface area contributed by atoms with Crippen molar-refractivity contribution in [2.45, 2.75) is 11.4 Å². The maximum Gasteiger partial charge on any atom is 0.266 e. The smallest absolute Gasteiger partial charge is 0.255 e. The molecule has 7 nitrogen and oxygen atoms in total. The fourth-order valence-electron chi connectivity index (χ4n) is 2.71. The van der Waals surface area contributed by atoms with E-state index in [1.54, 1.807) is 48.7 Å². The molecule has 0 aliphatic rings. The lowest BCUT2D eigenvalue weighted by Gasteiger charge is -2.07. The highest BCUT2D eigenvalue weighted by Gasteiger charge is 2.20. The fraction of sp³-hybridized carbons (Fsp3) is 0.0556. The number of nitrogens with zero attached hydrogens (tertiary/aromatic N) is 4. The summed E-state index contributed by atoms with van der Waals surface area (Å²) in [7, 11) is -3.91. The van der Waals surface area contributed by atoms with Crippen LogP contribution in [-0.4, -0.2) is 28.2 Å². The first-order valence-corrected chi connectivity index (χ1v) is 10.4. The molecule has 28 heavy (non-hydrogen) atoms. The fourth-order valence-corrected chi connectivity index (χ4v) is 4.31. The number of para-hydroxylation sites is 1. The Hall–Kier alpha value is -2.68. The molecule has 1 N–H and O–H groups in total. The Morgan fingerprint density at radius 2 is 1.86 bits per heavy atom. The van der Waals surface area contributed by atoms with Crippen LogP contribution in [0.2, 0.25) is 10.0 Å². The number of sulfonamides is 1. The summed E-state index contributed by atoms with van der Waals surface area (Å²) in [6, 6.07) is 13.6. The predicted molar refractivity (Wildman–Crippen MR) is 108 cm³/mol. The lowest BCUT2D eigenvalue weighted by Crippen LogP contribution is -2.15. The molecule has 0 saturated carbocycles. The number of hydrogen-bond acceptors (Lipinski definition) is 5. The van der Waals surface area contributed by atoms with Crippen LogP contribution >= 0.6 is 23.2 Å². The van der Waals surface area contributed by atoms with Gasteiger partial charge in [-0.3, -0.25) is 4.98 Å². The van der Waals surface area contributed by atoms with Crippen molar-refractivity contribution in [3.05, 3.63) is 76.7 Å². The summed E-state index contributed by atoms with van der Waals surface area (Å²) in [5, 5.41) is 5.91. The third kappa shape index (κ3) is 3.80. The van der Waals surface area contributed by atoms with Crippen LogP contribution in [-0.2, 0) is 16.6 Å². The van der Waals surface area contributed by atoms with E-state index in [-0.39, 0.29) is 10.8 Å². The largest absolute Gasteiger partial charge is 0.266 e. The molecule has 0 atom stereocenters. The number of rotatable bonds is 5. The Kier molecular flexibility index (Phi) is 4.92. The van der Waals surface area contributed by atoms with Crippen LogP contribution in [0, 0.1) is 0 Å². The van der Waals surface area contributed by atoms with Crippen molar-refractivity contribution in [1.82, 2.24) is 19.7 Å². The highest BCUT2D eigenvalue weighted by Crippen LogP contribution is 2.23. The number of anilines is 1. The van der Waals surface area contributed by atoms with E-state index < -0.39 is 10.0 Å². The Bertz CT molecular complexity index is 1270. The van der Waals surface area contributed by atoms with Gasteiger partial charge in [-0.05, 0) is 29.8 Å². The first-order chi connectivity index (χ1) is 13.4. The second kappa shape index (κ2) is 7.38. The van der Waals surface area contributed by atoms with Gasteiger partial charge in [0.25, 0.3) is 16.0 Å². The summed E-state index contributed by atoms with van der Waals surface area (Å²) in [6.07, 6.45) is 2.97. The monoisotopic (exact) mass is 433 g/mol. The molecule has 0 spiro atoms. The molecule has 0 saturated heterocycles. The van der Waals surface area contributed by atoms with Gasteiger partial charge >= 0.3 is 0 Å². The van der Waals surface area contributed by atoms with E-state index in [4.69, 9.17) is 23.2 Å². The van der Waals surface area contributed by atoms with Crippen LogP contribution in [0.25, 0.3) is 10.9 Å². The zero-order chi connectivity index (χ0) is 19.7. The van der Waals surface area contributed by atoms with Gasteiger partial charge in [0, 0.05) is 21.6 Å². The van der Waals surface area contributed by atoms with E-state index in [1.807, 2.05) is 0 Å². The molecule has 2 heterocycles. The highest BCUT2D eigenvalue weighted by atomic mass is 35.5. The summed E-state index contributed by atoms with van der Waals surface area (Å²) < 4.78 is 29.5. The number of hydrogen-bond donors (Lipinski definition) is 1. The maximum atomic E-state index is 12.8. The second-order valence-electron chi connectivity index (χ2n) is 5.94. The topological polar surface area (TPSA) is 89.8 Å². The molecule has 2 aromatic carbocycles. The number of benzene rings is 2. The molecular weight excluding hydrogens is 421 g/mol. The van der Waals surface area contributed by atoms with Crippen LogP contribution in [0.4, 0.5) is 5.95 Å². The van der Waals surface area contributed by atoms with Gasteiger partial charge in [0.05, 0.1) is 12.1 Å². The SMILES string of the molecule is O=S(=O)(Nc1ncn(Cc2ccc(Cl)cc2Cl)n1)c1cccc2cccnc12. The van der Waals surface area contributed by atoms with Crippen LogP contribution in [0.15, 0.2) is 66.0 Å². The summed E-state index contributed by atoms with van der Waals surface area (Å²) in [5.41, 5.74) is 1.16. The maximum absolute atomic E-state index is 12.8. The van der Waals surface area contributed by atoms with Crippen molar-refractivity contribution in [3.63, 3.8) is 0 Å². The van der Waals surface area contributed by atoms with Gasteiger partial charge in [0.2, 0.25) is 0 Å². The molecule has 0 radical (unpaired) electrons. The predicted octanol–water partition coefficient (Wildman–Crippen LogP) is 3.98. The van der Waals surface area contributed by atoms with E-state index in [2.05, 4.69) is 19.8 Å². The van der Waals surface area contributed by atoms with E-state index in [0.717, 1.165) is 10.9 Å². The van der Waals surface area contributed by atoms with Crippen LogP contribution < -0.4 is 4.72 Å². The molecule has 4 aromatic rings. The molecule has 142 valence electrons. The summed E-state index contributed by atoms with van der Waals surface area (Å²) in [4.78, 5) is 8.26. The molecule has 10 heteroatoms. The number of nitrogens with one attached hydrogen (secondary N) is 1. The van der Waals surface area contributed by atoms with E-state index >= 15 is 0 Å². The summed E-state index contributed by atoms with van der Waals surface area (Å²) in [6.45, 7) is 0.320. The molecule has 0 bridgehead atoms.